The van der Waals surface area contributed by atoms with Crippen LogP contribution in [0.2, 0.25) is 0 Å². The van der Waals surface area contributed by atoms with Gasteiger partial charge in [0.15, 0.2) is 0 Å². The lowest BCUT2D eigenvalue weighted by molar-refractivity contribution is -0.139. The van der Waals surface area contributed by atoms with E-state index >= 15 is 0 Å². The number of aliphatic carboxylic acids is 1. The number of hydrogen-bond acceptors (Lipinski definition) is 4. The molecule has 3 N–H and O–H groups in total. The van der Waals surface area contributed by atoms with E-state index in [2.05, 4.69) is 10.6 Å². The molecule has 0 aliphatic heterocycles. The SMILES string of the molecule is CC1CC1NC(=O)NC(CCS(C)(=O)=O)C(=O)O. The van der Waals surface area contributed by atoms with Gasteiger partial charge < -0.3 is 15.7 Å². The van der Waals surface area contributed by atoms with Crippen molar-refractivity contribution in [1.29, 1.82) is 0 Å². The number of carboxylic acids is 1. The number of urea groups is 1. The van der Waals surface area contributed by atoms with E-state index in [9.17, 15) is 18.0 Å². The number of carbonyl (C=O) groups excluding carboxylic acids is 1. The molecule has 0 saturated heterocycles. The normalized spacial score (nSPS) is 24.1. The van der Waals surface area contributed by atoms with Crippen molar-refractivity contribution < 1.29 is 23.1 Å². The van der Waals surface area contributed by atoms with E-state index in [0.717, 1.165) is 12.7 Å². The van der Waals surface area contributed by atoms with Crippen molar-refractivity contribution in [1.82, 2.24) is 10.6 Å². The van der Waals surface area contributed by atoms with Gasteiger partial charge in [-0.25, -0.2) is 18.0 Å². The number of hydrogen-bond donors (Lipinski definition) is 3. The van der Waals surface area contributed by atoms with Crippen LogP contribution in [0.3, 0.4) is 0 Å². The van der Waals surface area contributed by atoms with Gasteiger partial charge in [0.05, 0.1) is 5.75 Å². The summed E-state index contributed by atoms with van der Waals surface area (Å²) in [6, 6.07) is -1.66. The van der Waals surface area contributed by atoms with E-state index in [-0.39, 0.29) is 18.2 Å². The van der Waals surface area contributed by atoms with Gasteiger partial charge in [-0.1, -0.05) is 6.92 Å². The number of carbonyl (C=O) groups is 2. The molecule has 0 aromatic carbocycles. The van der Waals surface area contributed by atoms with Gasteiger partial charge in [0.1, 0.15) is 15.9 Å². The molecule has 1 aliphatic rings. The van der Waals surface area contributed by atoms with Gasteiger partial charge in [-0.3, -0.25) is 0 Å². The van der Waals surface area contributed by atoms with Crippen LogP contribution in [-0.2, 0) is 14.6 Å². The highest BCUT2D eigenvalue weighted by Crippen LogP contribution is 2.28. The lowest BCUT2D eigenvalue weighted by Crippen LogP contribution is -2.47. The van der Waals surface area contributed by atoms with Crippen LogP contribution in [0.15, 0.2) is 0 Å². The molecule has 1 rings (SSSR count). The molecule has 0 radical (unpaired) electrons. The summed E-state index contributed by atoms with van der Waals surface area (Å²) in [6.07, 6.45) is 1.77. The minimum absolute atomic E-state index is 0.0920. The van der Waals surface area contributed by atoms with E-state index in [0.29, 0.717) is 5.92 Å². The number of sulfone groups is 1. The first-order valence-electron chi connectivity index (χ1n) is 5.66. The topological polar surface area (TPSA) is 113 Å². The number of rotatable bonds is 6. The minimum Gasteiger partial charge on any atom is -0.480 e. The first-order chi connectivity index (χ1) is 8.19. The smallest absolute Gasteiger partial charge is 0.326 e. The van der Waals surface area contributed by atoms with Gasteiger partial charge in [-0.2, -0.15) is 0 Å². The summed E-state index contributed by atoms with van der Waals surface area (Å²) in [4.78, 5) is 22.3. The highest BCUT2D eigenvalue weighted by atomic mass is 32.2. The molecule has 0 aromatic rings. The Bertz CT molecular complexity index is 434. The number of nitrogens with one attached hydrogen (secondary N) is 2. The summed E-state index contributed by atoms with van der Waals surface area (Å²) >= 11 is 0. The van der Waals surface area contributed by atoms with Crippen molar-refractivity contribution in [3.63, 3.8) is 0 Å². The lowest BCUT2D eigenvalue weighted by atomic mass is 10.2. The third-order valence-corrected chi connectivity index (χ3v) is 3.78. The molecule has 8 heteroatoms. The second-order valence-electron chi connectivity index (χ2n) is 4.75. The Kier molecular flexibility index (Phi) is 4.55. The molecule has 7 nitrogen and oxygen atoms in total. The summed E-state index contributed by atoms with van der Waals surface area (Å²) in [5, 5.41) is 13.8. The van der Waals surface area contributed by atoms with Crippen molar-refractivity contribution in [2.24, 2.45) is 5.92 Å². The Morgan fingerprint density at radius 1 is 1.44 bits per heavy atom. The van der Waals surface area contributed by atoms with Crippen LogP contribution in [-0.4, -0.2) is 49.6 Å². The number of amides is 2. The van der Waals surface area contributed by atoms with Crippen LogP contribution < -0.4 is 10.6 Å². The van der Waals surface area contributed by atoms with Crippen LogP contribution in [0.4, 0.5) is 4.79 Å². The molecule has 3 atom stereocenters. The zero-order valence-electron chi connectivity index (χ0n) is 10.3. The fraction of sp³-hybridized carbons (Fsp3) is 0.800. The molecule has 1 fully saturated rings. The van der Waals surface area contributed by atoms with Gasteiger partial charge >= 0.3 is 12.0 Å². The second kappa shape index (κ2) is 5.55. The molecule has 0 bridgehead atoms. The van der Waals surface area contributed by atoms with E-state index in [4.69, 9.17) is 5.11 Å². The molecule has 18 heavy (non-hydrogen) atoms. The summed E-state index contributed by atoms with van der Waals surface area (Å²) in [6.45, 7) is 1.98. The quantitative estimate of drug-likeness (QED) is 0.611. The van der Waals surface area contributed by atoms with Crippen LogP contribution in [0.5, 0.6) is 0 Å². The summed E-state index contributed by atoms with van der Waals surface area (Å²) < 4.78 is 21.9. The molecule has 1 saturated carbocycles. The molecule has 0 aromatic heterocycles. The monoisotopic (exact) mass is 278 g/mol. The van der Waals surface area contributed by atoms with Crippen molar-refractivity contribution in [3.05, 3.63) is 0 Å². The Hall–Kier alpha value is -1.31. The molecule has 104 valence electrons. The highest BCUT2D eigenvalue weighted by molar-refractivity contribution is 7.90. The van der Waals surface area contributed by atoms with E-state index < -0.39 is 27.9 Å². The molecule has 2 amide bonds. The predicted octanol–water partition coefficient (Wildman–Crippen LogP) is -0.418. The molecular weight excluding hydrogens is 260 g/mol. The van der Waals surface area contributed by atoms with E-state index in [1.54, 1.807) is 0 Å². The van der Waals surface area contributed by atoms with Crippen molar-refractivity contribution in [2.45, 2.75) is 31.8 Å². The average Bonchev–Trinajstić information content (AvgIpc) is 2.86. The first kappa shape index (κ1) is 14.7. The van der Waals surface area contributed by atoms with Crippen molar-refractivity contribution in [3.8, 4) is 0 Å². The Morgan fingerprint density at radius 3 is 2.39 bits per heavy atom. The van der Waals surface area contributed by atoms with Crippen molar-refractivity contribution in [2.75, 3.05) is 12.0 Å². The van der Waals surface area contributed by atoms with Crippen LogP contribution >= 0.6 is 0 Å². The van der Waals surface area contributed by atoms with Crippen LogP contribution in [0, 0.1) is 5.92 Å². The van der Waals surface area contributed by atoms with Gasteiger partial charge in [-0.05, 0) is 18.8 Å². The van der Waals surface area contributed by atoms with E-state index in [1.165, 1.54) is 0 Å². The lowest BCUT2D eigenvalue weighted by Gasteiger charge is -2.14. The zero-order chi connectivity index (χ0) is 13.9. The van der Waals surface area contributed by atoms with Gasteiger partial charge in [-0.15, -0.1) is 0 Å². The molecule has 0 spiro atoms. The zero-order valence-corrected chi connectivity index (χ0v) is 11.2. The average molecular weight is 278 g/mol. The summed E-state index contributed by atoms with van der Waals surface area (Å²) in [7, 11) is -3.24. The van der Waals surface area contributed by atoms with Gasteiger partial charge in [0.25, 0.3) is 0 Å². The highest BCUT2D eigenvalue weighted by Gasteiger charge is 2.34. The predicted molar refractivity (Wildman–Crippen MR) is 65.0 cm³/mol. The number of carboxylic acid groups (broad SMARTS) is 1. The van der Waals surface area contributed by atoms with Crippen LogP contribution in [0.1, 0.15) is 19.8 Å². The minimum atomic E-state index is -3.24. The molecular formula is C10H18N2O5S. The fourth-order valence-corrected chi connectivity index (χ4v) is 2.14. The van der Waals surface area contributed by atoms with Crippen molar-refractivity contribution >= 4 is 21.8 Å². The maximum absolute atomic E-state index is 11.4. The Labute approximate surface area is 106 Å². The third-order valence-electron chi connectivity index (χ3n) is 2.81. The second-order valence-corrected chi connectivity index (χ2v) is 7.01. The maximum atomic E-state index is 11.4. The maximum Gasteiger partial charge on any atom is 0.326 e. The molecule has 1 aliphatic carbocycles. The fourth-order valence-electron chi connectivity index (χ4n) is 1.48. The van der Waals surface area contributed by atoms with Gasteiger partial charge in [0.2, 0.25) is 0 Å². The molecule has 0 heterocycles. The molecule has 3 unspecified atom stereocenters. The largest absolute Gasteiger partial charge is 0.480 e. The summed E-state index contributed by atoms with van der Waals surface area (Å²) in [5.41, 5.74) is 0. The Balaban J connectivity index is 2.42. The standard InChI is InChI=1S/C10H18N2O5S/c1-6-5-8(6)12-10(15)11-7(9(13)14)3-4-18(2,16)17/h6-8H,3-5H2,1-2H3,(H,13,14)(H2,11,12,15). The summed E-state index contributed by atoms with van der Waals surface area (Å²) in [5.74, 6) is -1.10. The Morgan fingerprint density at radius 2 is 2.00 bits per heavy atom. The van der Waals surface area contributed by atoms with E-state index in [1.807, 2.05) is 6.92 Å². The van der Waals surface area contributed by atoms with Crippen LogP contribution in [0.25, 0.3) is 0 Å². The first-order valence-corrected chi connectivity index (χ1v) is 7.72. The van der Waals surface area contributed by atoms with Gasteiger partial charge in [0, 0.05) is 12.3 Å². The third kappa shape index (κ3) is 5.35.